The lowest BCUT2D eigenvalue weighted by molar-refractivity contribution is 0.0599. The van der Waals surface area contributed by atoms with Gasteiger partial charge in [-0.1, -0.05) is 22.0 Å². The molecule has 4 heteroatoms. The van der Waals surface area contributed by atoms with Crippen molar-refractivity contribution in [3.8, 4) is 0 Å². The molecule has 2 unspecified atom stereocenters. The molecule has 1 aliphatic carbocycles. The van der Waals surface area contributed by atoms with Crippen LogP contribution in [0.15, 0.2) is 28.7 Å². The van der Waals surface area contributed by atoms with Gasteiger partial charge >= 0.3 is 0 Å². The molecule has 1 aliphatic heterocycles. The Balaban J connectivity index is 1.83. The van der Waals surface area contributed by atoms with Crippen molar-refractivity contribution in [3.63, 3.8) is 0 Å². The molecule has 3 rings (SSSR count). The number of benzene rings is 1. The maximum absolute atomic E-state index is 12.6. The Morgan fingerprint density at radius 1 is 1.39 bits per heavy atom. The molecular formula is C14H17BrN2O. The maximum atomic E-state index is 12.6. The SMILES string of the molecule is O=C(c1cccc(Br)c1)N1CCNC2CCCC21. The molecule has 0 aromatic heterocycles. The number of rotatable bonds is 1. The second-order valence-electron chi connectivity index (χ2n) is 5.07. The predicted octanol–water partition coefficient (Wildman–Crippen LogP) is 2.42. The number of carbonyl (C=O) groups is 1. The van der Waals surface area contributed by atoms with Crippen LogP contribution in [0, 0.1) is 0 Å². The van der Waals surface area contributed by atoms with Crippen molar-refractivity contribution in [1.82, 2.24) is 10.2 Å². The minimum Gasteiger partial charge on any atom is -0.333 e. The van der Waals surface area contributed by atoms with Crippen LogP contribution in [-0.4, -0.2) is 36.0 Å². The number of nitrogens with one attached hydrogen (secondary N) is 1. The van der Waals surface area contributed by atoms with Crippen LogP contribution >= 0.6 is 15.9 Å². The third-order valence-electron chi connectivity index (χ3n) is 3.97. The molecule has 1 aromatic carbocycles. The minimum atomic E-state index is 0.176. The van der Waals surface area contributed by atoms with Gasteiger partial charge in [-0.2, -0.15) is 0 Å². The van der Waals surface area contributed by atoms with Crippen molar-refractivity contribution in [2.75, 3.05) is 13.1 Å². The van der Waals surface area contributed by atoms with Gasteiger partial charge in [0, 0.05) is 35.2 Å². The molecule has 0 bridgehead atoms. The molecule has 2 fully saturated rings. The Morgan fingerprint density at radius 3 is 3.11 bits per heavy atom. The minimum absolute atomic E-state index is 0.176. The third-order valence-corrected chi connectivity index (χ3v) is 4.46. The lowest BCUT2D eigenvalue weighted by Crippen LogP contribution is -2.57. The van der Waals surface area contributed by atoms with Crippen molar-refractivity contribution in [2.24, 2.45) is 0 Å². The van der Waals surface area contributed by atoms with Crippen LogP contribution in [0.2, 0.25) is 0 Å². The van der Waals surface area contributed by atoms with E-state index in [1.165, 1.54) is 12.8 Å². The van der Waals surface area contributed by atoms with Crippen LogP contribution in [0.5, 0.6) is 0 Å². The summed E-state index contributed by atoms with van der Waals surface area (Å²) in [6.07, 6.45) is 3.56. The van der Waals surface area contributed by atoms with E-state index in [0.29, 0.717) is 12.1 Å². The van der Waals surface area contributed by atoms with Gasteiger partial charge < -0.3 is 10.2 Å². The summed E-state index contributed by atoms with van der Waals surface area (Å²) in [5.41, 5.74) is 0.789. The van der Waals surface area contributed by atoms with Crippen LogP contribution in [0.1, 0.15) is 29.6 Å². The molecule has 1 N–H and O–H groups in total. The number of fused-ring (bicyclic) bond motifs is 1. The molecule has 0 radical (unpaired) electrons. The fourth-order valence-electron chi connectivity index (χ4n) is 3.13. The summed E-state index contributed by atoms with van der Waals surface area (Å²) >= 11 is 3.43. The van der Waals surface area contributed by atoms with E-state index in [-0.39, 0.29) is 5.91 Å². The van der Waals surface area contributed by atoms with E-state index >= 15 is 0 Å². The number of hydrogen-bond acceptors (Lipinski definition) is 2. The van der Waals surface area contributed by atoms with Crippen LogP contribution < -0.4 is 5.32 Å². The van der Waals surface area contributed by atoms with Gasteiger partial charge in [-0.15, -0.1) is 0 Å². The Bertz CT molecular complexity index is 463. The highest BCUT2D eigenvalue weighted by Crippen LogP contribution is 2.28. The number of carbonyl (C=O) groups excluding carboxylic acids is 1. The van der Waals surface area contributed by atoms with Crippen molar-refractivity contribution in [1.29, 1.82) is 0 Å². The van der Waals surface area contributed by atoms with Gasteiger partial charge in [0.25, 0.3) is 5.91 Å². The van der Waals surface area contributed by atoms with Gasteiger partial charge in [0.1, 0.15) is 0 Å². The molecule has 2 atom stereocenters. The number of amides is 1. The topological polar surface area (TPSA) is 32.3 Å². The highest BCUT2D eigenvalue weighted by Gasteiger charge is 2.37. The van der Waals surface area contributed by atoms with Crippen LogP contribution in [0.3, 0.4) is 0 Å². The van der Waals surface area contributed by atoms with Crippen LogP contribution in [0.25, 0.3) is 0 Å². The van der Waals surface area contributed by atoms with E-state index in [1.54, 1.807) is 0 Å². The average Bonchev–Trinajstić information content (AvgIpc) is 2.86. The van der Waals surface area contributed by atoms with Crippen molar-refractivity contribution < 1.29 is 4.79 Å². The van der Waals surface area contributed by atoms with E-state index in [2.05, 4.69) is 26.1 Å². The summed E-state index contributed by atoms with van der Waals surface area (Å²) in [7, 11) is 0. The Morgan fingerprint density at radius 2 is 2.28 bits per heavy atom. The fraction of sp³-hybridized carbons (Fsp3) is 0.500. The lowest BCUT2D eigenvalue weighted by atomic mass is 10.1. The van der Waals surface area contributed by atoms with Gasteiger partial charge in [-0.25, -0.2) is 0 Å². The second-order valence-corrected chi connectivity index (χ2v) is 5.98. The summed E-state index contributed by atoms with van der Waals surface area (Å²) in [4.78, 5) is 14.6. The average molecular weight is 309 g/mol. The van der Waals surface area contributed by atoms with Crippen LogP contribution in [-0.2, 0) is 0 Å². The van der Waals surface area contributed by atoms with Gasteiger partial charge in [0.2, 0.25) is 0 Å². The zero-order valence-corrected chi connectivity index (χ0v) is 11.8. The monoisotopic (exact) mass is 308 g/mol. The lowest BCUT2D eigenvalue weighted by Gasteiger charge is -2.38. The summed E-state index contributed by atoms with van der Waals surface area (Å²) in [5, 5.41) is 3.53. The highest BCUT2D eigenvalue weighted by molar-refractivity contribution is 9.10. The van der Waals surface area contributed by atoms with E-state index < -0.39 is 0 Å². The van der Waals surface area contributed by atoms with E-state index in [9.17, 15) is 4.79 Å². The number of nitrogens with zero attached hydrogens (tertiary/aromatic N) is 1. The zero-order chi connectivity index (χ0) is 12.5. The Hall–Kier alpha value is -0.870. The first-order chi connectivity index (χ1) is 8.75. The number of halogens is 1. The largest absolute Gasteiger partial charge is 0.333 e. The maximum Gasteiger partial charge on any atom is 0.254 e. The molecule has 96 valence electrons. The standard InChI is InChI=1S/C14H17BrN2O/c15-11-4-1-3-10(9-11)14(18)17-8-7-16-12-5-2-6-13(12)17/h1,3-4,9,12-13,16H,2,5-8H2. The van der Waals surface area contributed by atoms with Gasteiger partial charge in [-0.3, -0.25) is 4.79 Å². The number of hydrogen-bond donors (Lipinski definition) is 1. The van der Waals surface area contributed by atoms with Gasteiger partial charge in [0.05, 0.1) is 0 Å². The molecule has 3 nitrogen and oxygen atoms in total. The van der Waals surface area contributed by atoms with Gasteiger partial charge in [0.15, 0.2) is 0 Å². The molecular weight excluding hydrogens is 292 g/mol. The first kappa shape index (κ1) is 12.2. The quantitative estimate of drug-likeness (QED) is 0.864. The summed E-state index contributed by atoms with van der Waals surface area (Å²) in [6, 6.07) is 8.59. The van der Waals surface area contributed by atoms with Crippen LogP contribution in [0.4, 0.5) is 0 Å². The Labute approximate surface area is 116 Å². The molecule has 2 aliphatic rings. The van der Waals surface area contributed by atoms with Crippen molar-refractivity contribution in [2.45, 2.75) is 31.3 Å². The predicted molar refractivity (Wildman–Crippen MR) is 74.6 cm³/mol. The molecule has 1 amide bonds. The second kappa shape index (κ2) is 5.02. The normalized spacial score (nSPS) is 27.1. The summed E-state index contributed by atoms with van der Waals surface area (Å²) in [5.74, 6) is 0.176. The zero-order valence-electron chi connectivity index (χ0n) is 10.2. The molecule has 0 spiro atoms. The first-order valence-electron chi connectivity index (χ1n) is 6.55. The molecule has 1 saturated carbocycles. The van der Waals surface area contributed by atoms with E-state index in [0.717, 1.165) is 29.5 Å². The van der Waals surface area contributed by atoms with Gasteiger partial charge in [-0.05, 0) is 37.5 Å². The van der Waals surface area contributed by atoms with E-state index in [4.69, 9.17) is 0 Å². The van der Waals surface area contributed by atoms with Crippen molar-refractivity contribution in [3.05, 3.63) is 34.3 Å². The smallest absolute Gasteiger partial charge is 0.254 e. The van der Waals surface area contributed by atoms with E-state index in [1.807, 2.05) is 24.3 Å². The molecule has 1 aromatic rings. The van der Waals surface area contributed by atoms with Crippen molar-refractivity contribution >= 4 is 21.8 Å². The third kappa shape index (κ3) is 2.19. The fourth-order valence-corrected chi connectivity index (χ4v) is 3.53. The highest BCUT2D eigenvalue weighted by atomic mass is 79.9. The molecule has 18 heavy (non-hydrogen) atoms. The number of piperazine rings is 1. The summed E-state index contributed by atoms with van der Waals surface area (Å²) in [6.45, 7) is 1.74. The summed E-state index contributed by atoms with van der Waals surface area (Å²) < 4.78 is 0.964. The molecule has 1 heterocycles. The molecule has 1 saturated heterocycles. The first-order valence-corrected chi connectivity index (χ1v) is 7.35. The Kier molecular flexibility index (Phi) is 3.39.